The number of carbonyl (C=O) groups is 2. The molecule has 0 N–H and O–H groups in total. The normalized spacial score (nSPS) is 23.6. The highest BCUT2D eigenvalue weighted by atomic mass is 16.5. The van der Waals surface area contributed by atoms with Gasteiger partial charge in [-0.3, -0.25) is 14.5 Å². The second-order valence-corrected chi connectivity index (χ2v) is 7.70. The first-order valence-electron chi connectivity index (χ1n) is 10.2. The number of nitrogens with zero attached hydrogens (tertiary/aromatic N) is 3. The van der Waals surface area contributed by atoms with E-state index in [4.69, 9.17) is 4.74 Å². The summed E-state index contributed by atoms with van der Waals surface area (Å²) in [5, 5.41) is 0. The summed E-state index contributed by atoms with van der Waals surface area (Å²) in [6, 6.07) is 6.02. The standard InChI is InChI=1S/C21H29N3O3/c1-2-22-9-4-6-16(22)14-24-15-19-17(7-3-8-18(19)21(24)26)20(25)23-10-5-12-27-13-11-23/h3,7-8,16H,2,4-6,9-15H2,1H3/t16-/m1/s1. The maximum absolute atomic E-state index is 13.1. The fourth-order valence-electron chi connectivity index (χ4n) is 4.63. The SMILES string of the molecule is CCN1CCC[C@@H]1CN1Cc2c(C(=O)N3CCCOCC3)cccc2C1=O. The fourth-order valence-corrected chi connectivity index (χ4v) is 4.63. The zero-order valence-corrected chi connectivity index (χ0v) is 16.2. The highest BCUT2D eigenvalue weighted by Crippen LogP contribution is 2.29. The zero-order chi connectivity index (χ0) is 18.8. The number of fused-ring (bicyclic) bond motifs is 1. The third kappa shape index (κ3) is 3.60. The van der Waals surface area contributed by atoms with E-state index in [2.05, 4.69) is 11.8 Å². The molecule has 3 heterocycles. The summed E-state index contributed by atoms with van der Waals surface area (Å²) in [6.45, 7) is 8.26. The van der Waals surface area contributed by atoms with Crippen molar-refractivity contribution in [2.24, 2.45) is 0 Å². The monoisotopic (exact) mass is 371 g/mol. The number of hydrogen-bond donors (Lipinski definition) is 0. The van der Waals surface area contributed by atoms with Gasteiger partial charge in [0.15, 0.2) is 0 Å². The van der Waals surface area contributed by atoms with E-state index in [0.29, 0.717) is 50.0 Å². The van der Waals surface area contributed by atoms with Crippen LogP contribution in [0.25, 0.3) is 0 Å². The molecule has 3 aliphatic rings. The third-order valence-corrected chi connectivity index (χ3v) is 6.12. The molecule has 6 heteroatoms. The summed E-state index contributed by atoms with van der Waals surface area (Å²) in [5.74, 6) is 0.102. The van der Waals surface area contributed by atoms with E-state index in [9.17, 15) is 9.59 Å². The Morgan fingerprint density at radius 1 is 1.19 bits per heavy atom. The minimum absolute atomic E-state index is 0.0306. The molecule has 146 valence electrons. The van der Waals surface area contributed by atoms with E-state index in [1.807, 2.05) is 28.0 Å². The van der Waals surface area contributed by atoms with Crippen LogP contribution in [0, 0.1) is 0 Å². The Morgan fingerprint density at radius 3 is 2.93 bits per heavy atom. The smallest absolute Gasteiger partial charge is 0.254 e. The number of benzene rings is 1. The minimum atomic E-state index is 0.0306. The Hall–Kier alpha value is -1.92. The molecule has 27 heavy (non-hydrogen) atoms. The molecular formula is C21H29N3O3. The lowest BCUT2D eigenvalue weighted by Gasteiger charge is -2.27. The maximum Gasteiger partial charge on any atom is 0.254 e. The fraction of sp³-hybridized carbons (Fsp3) is 0.619. The van der Waals surface area contributed by atoms with Crippen LogP contribution in [0.1, 0.15) is 52.5 Å². The van der Waals surface area contributed by atoms with Gasteiger partial charge >= 0.3 is 0 Å². The van der Waals surface area contributed by atoms with Gasteiger partial charge in [0.1, 0.15) is 0 Å². The van der Waals surface area contributed by atoms with Crippen molar-refractivity contribution in [3.8, 4) is 0 Å². The Labute approximate surface area is 161 Å². The highest BCUT2D eigenvalue weighted by molar-refractivity contribution is 6.04. The van der Waals surface area contributed by atoms with Crippen molar-refractivity contribution in [1.29, 1.82) is 0 Å². The van der Waals surface area contributed by atoms with Crippen LogP contribution in [0.3, 0.4) is 0 Å². The Kier molecular flexibility index (Phi) is 5.45. The van der Waals surface area contributed by atoms with Crippen LogP contribution in [0.15, 0.2) is 18.2 Å². The maximum atomic E-state index is 13.1. The van der Waals surface area contributed by atoms with Crippen LogP contribution in [0.5, 0.6) is 0 Å². The molecule has 2 saturated heterocycles. The molecule has 6 nitrogen and oxygen atoms in total. The molecule has 0 aromatic heterocycles. The number of hydrogen-bond acceptors (Lipinski definition) is 4. The van der Waals surface area contributed by atoms with Crippen molar-refractivity contribution in [1.82, 2.24) is 14.7 Å². The van der Waals surface area contributed by atoms with Crippen molar-refractivity contribution in [3.05, 3.63) is 34.9 Å². The van der Waals surface area contributed by atoms with Gasteiger partial charge in [0.25, 0.3) is 11.8 Å². The third-order valence-electron chi connectivity index (χ3n) is 6.12. The zero-order valence-electron chi connectivity index (χ0n) is 16.2. The first kappa shape index (κ1) is 18.4. The Bertz CT molecular complexity index is 713. The summed E-state index contributed by atoms with van der Waals surface area (Å²) in [6.07, 6.45) is 3.21. The van der Waals surface area contributed by atoms with E-state index in [1.165, 1.54) is 6.42 Å². The molecule has 4 rings (SSSR count). The van der Waals surface area contributed by atoms with Gasteiger partial charge in [0.05, 0.1) is 6.61 Å². The quantitative estimate of drug-likeness (QED) is 0.812. The molecule has 1 aromatic rings. The van der Waals surface area contributed by atoms with E-state index in [1.54, 1.807) is 0 Å². The first-order valence-corrected chi connectivity index (χ1v) is 10.2. The molecule has 0 unspecified atom stereocenters. The molecule has 0 spiro atoms. The van der Waals surface area contributed by atoms with Crippen molar-refractivity contribution in [3.63, 3.8) is 0 Å². The van der Waals surface area contributed by atoms with Gasteiger partial charge in [-0.05, 0) is 50.0 Å². The molecule has 0 aliphatic carbocycles. The van der Waals surface area contributed by atoms with Crippen LogP contribution in [0.2, 0.25) is 0 Å². The average molecular weight is 371 g/mol. The molecule has 0 saturated carbocycles. The van der Waals surface area contributed by atoms with E-state index < -0.39 is 0 Å². The van der Waals surface area contributed by atoms with Gasteiger partial charge in [0.2, 0.25) is 0 Å². The largest absolute Gasteiger partial charge is 0.380 e. The minimum Gasteiger partial charge on any atom is -0.380 e. The second kappa shape index (κ2) is 7.98. The summed E-state index contributed by atoms with van der Waals surface area (Å²) in [4.78, 5) is 32.3. The summed E-state index contributed by atoms with van der Waals surface area (Å²) >= 11 is 0. The van der Waals surface area contributed by atoms with Crippen LogP contribution in [-0.2, 0) is 11.3 Å². The molecule has 0 bridgehead atoms. The predicted molar refractivity (Wildman–Crippen MR) is 103 cm³/mol. The Morgan fingerprint density at radius 2 is 2.07 bits per heavy atom. The van der Waals surface area contributed by atoms with Gasteiger partial charge in [-0.25, -0.2) is 0 Å². The van der Waals surface area contributed by atoms with Crippen LogP contribution >= 0.6 is 0 Å². The summed E-state index contributed by atoms with van der Waals surface area (Å²) in [7, 11) is 0. The van der Waals surface area contributed by atoms with Gasteiger partial charge in [-0.15, -0.1) is 0 Å². The number of likely N-dealkylation sites (N-methyl/N-ethyl adjacent to an activating group) is 1. The van der Waals surface area contributed by atoms with Crippen LogP contribution < -0.4 is 0 Å². The lowest BCUT2D eigenvalue weighted by Crippen LogP contribution is -2.40. The lowest BCUT2D eigenvalue weighted by molar-refractivity contribution is 0.0719. The predicted octanol–water partition coefficient (Wildman–Crippen LogP) is 1.99. The second-order valence-electron chi connectivity index (χ2n) is 7.70. The molecule has 2 amide bonds. The van der Waals surface area contributed by atoms with E-state index >= 15 is 0 Å². The lowest BCUT2D eigenvalue weighted by atomic mass is 10.0. The molecular weight excluding hydrogens is 342 g/mol. The summed E-state index contributed by atoms with van der Waals surface area (Å²) in [5.41, 5.74) is 2.29. The topological polar surface area (TPSA) is 53.1 Å². The molecule has 1 atom stereocenters. The van der Waals surface area contributed by atoms with Crippen LogP contribution in [0.4, 0.5) is 0 Å². The number of ether oxygens (including phenoxy) is 1. The summed E-state index contributed by atoms with van der Waals surface area (Å²) < 4.78 is 5.47. The molecule has 0 radical (unpaired) electrons. The van der Waals surface area contributed by atoms with Gasteiger partial charge in [-0.1, -0.05) is 13.0 Å². The van der Waals surface area contributed by atoms with Crippen molar-refractivity contribution < 1.29 is 14.3 Å². The van der Waals surface area contributed by atoms with E-state index in [-0.39, 0.29) is 11.8 Å². The van der Waals surface area contributed by atoms with E-state index in [0.717, 1.165) is 38.0 Å². The molecule has 3 aliphatic heterocycles. The Balaban J connectivity index is 1.53. The number of amides is 2. The van der Waals surface area contributed by atoms with Crippen molar-refractivity contribution >= 4 is 11.8 Å². The average Bonchev–Trinajstić information content (AvgIpc) is 3.14. The van der Waals surface area contributed by atoms with Gasteiger partial charge < -0.3 is 14.5 Å². The number of carbonyl (C=O) groups excluding carboxylic acids is 2. The van der Waals surface area contributed by atoms with Crippen molar-refractivity contribution in [2.75, 3.05) is 45.9 Å². The van der Waals surface area contributed by atoms with Crippen LogP contribution in [-0.4, -0.2) is 78.5 Å². The van der Waals surface area contributed by atoms with Gasteiger partial charge in [-0.2, -0.15) is 0 Å². The van der Waals surface area contributed by atoms with Crippen molar-refractivity contribution in [2.45, 2.75) is 38.8 Å². The molecule has 2 fully saturated rings. The number of rotatable bonds is 4. The molecule has 1 aromatic carbocycles. The van der Waals surface area contributed by atoms with Gasteiger partial charge in [0, 0.05) is 50.0 Å². The highest BCUT2D eigenvalue weighted by Gasteiger charge is 2.35. The first-order chi connectivity index (χ1) is 13.2. The number of likely N-dealkylation sites (tertiary alicyclic amines) is 1.